The number of amides is 1. The summed E-state index contributed by atoms with van der Waals surface area (Å²) in [4.78, 5) is 22.8. The van der Waals surface area contributed by atoms with E-state index in [-0.39, 0.29) is 29.8 Å². The predicted octanol–water partition coefficient (Wildman–Crippen LogP) is 2.06. The van der Waals surface area contributed by atoms with Gasteiger partial charge in [-0.3, -0.25) is 4.79 Å². The van der Waals surface area contributed by atoms with Gasteiger partial charge in [-0.05, 0) is 50.6 Å². The number of methoxy groups -OCH3 is 1. The van der Waals surface area contributed by atoms with Crippen molar-refractivity contribution in [3.8, 4) is 6.01 Å². The van der Waals surface area contributed by atoms with E-state index in [1.165, 1.54) is 31.6 Å². The number of carbonyl (C=O) groups excluding carboxylic acids is 1. The molecule has 3 rings (SSSR count). The van der Waals surface area contributed by atoms with Gasteiger partial charge in [0, 0.05) is 24.5 Å². The van der Waals surface area contributed by atoms with Crippen molar-refractivity contribution in [3.63, 3.8) is 0 Å². The first-order valence-electron chi connectivity index (χ1n) is 8.68. The van der Waals surface area contributed by atoms with Crippen molar-refractivity contribution in [1.82, 2.24) is 20.2 Å². The van der Waals surface area contributed by atoms with Gasteiger partial charge in [-0.2, -0.15) is 0 Å². The van der Waals surface area contributed by atoms with Crippen molar-refractivity contribution in [2.24, 2.45) is 0 Å². The number of piperidine rings is 1. The minimum absolute atomic E-state index is 0.00778. The summed E-state index contributed by atoms with van der Waals surface area (Å²) < 4.78 is 18.1. The fraction of sp³-hybridized carbons (Fsp3) is 0.421. The largest absolute Gasteiger partial charge is 0.467 e. The number of carbonyl (C=O) groups is 1. The van der Waals surface area contributed by atoms with Crippen LogP contribution in [0.25, 0.3) is 0 Å². The second-order valence-corrected chi connectivity index (χ2v) is 6.56. The minimum Gasteiger partial charge on any atom is -0.467 e. The number of benzene rings is 1. The maximum atomic E-state index is 13.1. The van der Waals surface area contributed by atoms with E-state index in [0.29, 0.717) is 5.56 Å². The van der Waals surface area contributed by atoms with Crippen LogP contribution in [-0.2, 0) is 6.42 Å². The first kappa shape index (κ1) is 18.3. The van der Waals surface area contributed by atoms with E-state index in [4.69, 9.17) is 4.74 Å². The number of ether oxygens (including phenoxy) is 1. The van der Waals surface area contributed by atoms with Gasteiger partial charge in [0.2, 0.25) is 0 Å². The molecule has 7 heteroatoms. The molecule has 1 saturated heterocycles. The third kappa shape index (κ3) is 4.35. The van der Waals surface area contributed by atoms with Crippen molar-refractivity contribution >= 4 is 5.91 Å². The Kier molecular flexibility index (Phi) is 5.78. The number of hydrogen-bond acceptors (Lipinski definition) is 5. The Morgan fingerprint density at radius 3 is 2.65 bits per heavy atom. The van der Waals surface area contributed by atoms with Gasteiger partial charge in [-0.25, -0.2) is 14.4 Å². The molecular formula is C19H23FN4O2. The summed E-state index contributed by atoms with van der Waals surface area (Å²) in [7, 11) is 3.54. The highest BCUT2D eigenvalue weighted by molar-refractivity contribution is 5.93. The van der Waals surface area contributed by atoms with Gasteiger partial charge < -0.3 is 15.0 Å². The molecule has 0 unspecified atom stereocenters. The molecule has 0 saturated carbocycles. The van der Waals surface area contributed by atoms with Crippen LogP contribution < -0.4 is 10.1 Å². The van der Waals surface area contributed by atoms with Crippen LogP contribution in [0.3, 0.4) is 0 Å². The first-order valence-corrected chi connectivity index (χ1v) is 8.68. The lowest BCUT2D eigenvalue weighted by atomic mass is 9.91. The second-order valence-electron chi connectivity index (χ2n) is 6.56. The summed E-state index contributed by atoms with van der Waals surface area (Å²) >= 11 is 0. The Labute approximate surface area is 152 Å². The standard InChI is InChI=1S/C19H23FN4O2/c1-24-9-3-4-16(17(24)10-13-5-7-15(20)8-6-13)23-18(25)14-11-21-19(26-2)22-12-14/h5-8,11-12,16-17H,3-4,9-10H2,1-2H3,(H,23,25)/t16-,17-/m0/s1. The monoisotopic (exact) mass is 358 g/mol. The van der Waals surface area contributed by atoms with Crippen LogP contribution in [0, 0.1) is 5.82 Å². The molecule has 138 valence electrons. The minimum atomic E-state index is -0.241. The number of nitrogens with zero attached hydrogens (tertiary/aromatic N) is 3. The van der Waals surface area contributed by atoms with Gasteiger partial charge in [0.25, 0.3) is 5.91 Å². The molecule has 1 aliphatic rings. The van der Waals surface area contributed by atoms with Crippen molar-refractivity contribution in [1.29, 1.82) is 0 Å². The number of halogens is 1. The normalized spacial score (nSPS) is 20.6. The van der Waals surface area contributed by atoms with E-state index in [2.05, 4.69) is 27.2 Å². The topological polar surface area (TPSA) is 67.3 Å². The average Bonchev–Trinajstić information content (AvgIpc) is 2.66. The summed E-state index contributed by atoms with van der Waals surface area (Å²) in [5.41, 5.74) is 1.46. The fourth-order valence-electron chi connectivity index (χ4n) is 3.35. The first-order chi connectivity index (χ1) is 12.6. The molecule has 6 nitrogen and oxygen atoms in total. The molecule has 1 aromatic heterocycles. The molecule has 0 radical (unpaired) electrons. The Hall–Kier alpha value is -2.54. The Bertz CT molecular complexity index is 736. The van der Waals surface area contributed by atoms with Gasteiger partial charge in [-0.1, -0.05) is 12.1 Å². The van der Waals surface area contributed by atoms with E-state index in [1.54, 1.807) is 12.1 Å². The van der Waals surface area contributed by atoms with E-state index < -0.39 is 0 Å². The predicted molar refractivity (Wildman–Crippen MR) is 95.6 cm³/mol. The maximum Gasteiger partial charge on any atom is 0.316 e. The molecule has 0 bridgehead atoms. The molecule has 1 aliphatic heterocycles. The summed E-state index contributed by atoms with van der Waals surface area (Å²) in [6.07, 6.45) is 5.59. The van der Waals surface area contributed by atoms with E-state index in [1.807, 2.05) is 0 Å². The zero-order chi connectivity index (χ0) is 18.5. The number of nitrogens with one attached hydrogen (secondary N) is 1. The van der Waals surface area contributed by atoms with Crippen molar-refractivity contribution in [3.05, 3.63) is 53.6 Å². The van der Waals surface area contributed by atoms with Crippen LogP contribution in [0.5, 0.6) is 6.01 Å². The summed E-state index contributed by atoms with van der Waals surface area (Å²) in [6.45, 7) is 0.976. The van der Waals surface area contributed by atoms with Crippen LogP contribution in [0.4, 0.5) is 4.39 Å². The lowest BCUT2D eigenvalue weighted by molar-refractivity contribution is 0.0851. The highest BCUT2D eigenvalue weighted by atomic mass is 19.1. The van der Waals surface area contributed by atoms with Gasteiger partial charge in [0.1, 0.15) is 5.82 Å². The lowest BCUT2D eigenvalue weighted by Gasteiger charge is -2.39. The highest BCUT2D eigenvalue weighted by Crippen LogP contribution is 2.21. The maximum absolute atomic E-state index is 13.1. The molecule has 26 heavy (non-hydrogen) atoms. The molecule has 2 heterocycles. The van der Waals surface area contributed by atoms with E-state index >= 15 is 0 Å². The van der Waals surface area contributed by atoms with E-state index in [9.17, 15) is 9.18 Å². The quantitative estimate of drug-likeness (QED) is 0.886. The Balaban J connectivity index is 1.70. The van der Waals surface area contributed by atoms with Crippen LogP contribution in [0.2, 0.25) is 0 Å². The number of likely N-dealkylation sites (tertiary alicyclic amines) is 1. The second kappa shape index (κ2) is 8.23. The molecule has 1 N–H and O–H groups in total. The molecule has 0 spiro atoms. The summed E-state index contributed by atoms with van der Waals surface area (Å²) in [5.74, 6) is -0.438. The van der Waals surface area contributed by atoms with Crippen molar-refractivity contribution in [2.45, 2.75) is 31.3 Å². The third-order valence-corrected chi connectivity index (χ3v) is 4.80. The van der Waals surface area contributed by atoms with Crippen LogP contribution >= 0.6 is 0 Å². The molecule has 1 amide bonds. The molecule has 2 aromatic rings. The average molecular weight is 358 g/mol. The van der Waals surface area contributed by atoms with Crippen molar-refractivity contribution in [2.75, 3.05) is 20.7 Å². The van der Waals surface area contributed by atoms with Gasteiger partial charge in [0.05, 0.1) is 12.7 Å². The molecule has 1 fully saturated rings. The van der Waals surface area contributed by atoms with Gasteiger partial charge in [0.15, 0.2) is 0 Å². The zero-order valence-electron chi connectivity index (χ0n) is 15.0. The van der Waals surface area contributed by atoms with Crippen LogP contribution in [0.15, 0.2) is 36.7 Å². The van der Waals surface area contributed by atoms with Crippen LogP contribution in [-0.4, -0.2) is 53.6 Å². The SMILES string of the molecule is COc1ncc(C(=O)N[C@H]2CCCN(C)[C@H]2Cc2ccc(F)cc2)cn1. The zero-order valence-corrected chi connectivity index (χ0v) is 15.0. The Morgan fingerprint density at radius 2 is 2.00 bits per heavy atom. The summed E-state index contributed by atoms with van der Waals surface area (Å²) in [5, 5.41) is 3.11. The van der Waals surface area contributed by atoms with E-state index in [0.717, 1.165) is 31.4 Å². The molecule has 0 aliphatic carbocycles. The molecule has 1 aromatic carbocycles. The number of aromatic nitrogens is 2. The molecule has 2 atom stereocenters. The van der Waals surface area contributed by atoms with Gasteiger partial charge >= 0.3 is 6.01 Å². The van der Waals surface area contributed by atoms with Crippen molar-refractivity contribution < 1.29 is 13.9 Å². The third-order valence-electron chi connectivity index (χ3n) is 4.80. The number of likely N-dealkylation sites (N-methyl/N-ethyl adjacent to an activating group) is 1. The number of rotatable bonds is 5. The number of hydrogen-bond donors (Lipinski definition) is 1. The van der Waals surface area contributed by atoms with Crippen LogP contribution in [0.1, 0.15) is 28.8 Å². The smallest absolute Gasteiger partial charge is 0.316 e. The van der Waals surface area contributed by atoms with Gasteiger partial charge in [-0.15, -0.1) is 0 Å². The lowest BCUT2D eigenvalue weighted by Crippen LogP contribution is -2.54. The highest BCUT2D eigenvalue weighted by Gasteiger charge is 2.30. The summed E-state index contributed by atoms with van der Waals surface area (Å²) in [6, 6.07) is 6.93. The molecular weight excluding hydrogens is 335 g/mol. The fourth-order valence-corrected chi connectivity index (χ4v) is 3.35. The Morgan fingerprint density at radius 1 is 1.31 bits per heavy atom.